The molecule has 0 aromatic carbocycles. The summed E-state index contributed by atoms with van der Waals surface area (Å²) in [6, 6.07) is 4.44. The van der Waals surface area contributed by atoms with Crippen LogP contribution < -0.4 is 0 Å². The summed E-state index contributed by atoms with van der Waals surface area (Å²) in [6.07, 6.45) is 7.09. The first-order valence-corrected chi connectivity index (χ1v) is 9.08. The maximum Gasteiger partial charge on any atom is 0.238 e. The van der Waals surface area contributed by atoms with Crippen molar-refractivity contribution in [1.29, 1.82) is 0 Å². The zero-order valence-electron chi connectivity index (χ0n) is 14.6. The summed E-state index contributed by atoms with van der Waals surface area (Å²) in [6.45, 7) is 2.01. The molecule has 2 aromatic rings. The highest BCUT2D eigenvalue weighted by molar-refractivity contribution is 5.77. The Balaban J connectivity index is 1.35. The number of hydrogen-bond acceptors (Lipinski definition) is 6. The Kier molecular flexibility index (Phi) is 4.57. The highest BCUT2D eigenvalue weighted by Crippen LogP contribution is 2.29. The van der Waals surface area contributed by atoms with Crippen molar-refractivity contribution in [3.05, 3.63) is 24.3 Å². The van der Waals surface area contributed by atoms with Gasteiger partial charge in [0.15, 0.2) is 5.76 Å². The van der Waals surface area contributed by atoms with Gasteiger partial charge in [0.1, 0.15) is 0 Å². The second-order valence-corrected chi connectivity index (χ2v) is 6.98. The Morgan fingerprint density at radius 2 is 2.12 bits per heavy atom. The minimum absolute atomic E-state index is 0.195. The van der Waals surface area contributed by atoms with Gasteiger partial charge in [0, 0.05) is 31.5 Å². The van der Waals surface area contributed by atoms with Crippen molar-refractivity contribution in [1.82, 2.24) is 19.9 Å². The first-order chi connectivity index (χ1) is 12.2. The molecule has 2 aliphatic rings. The lowest BCUT2D eigenvalue weighted by molar-refractivity contribution is -0.133. The van der Waals surface area contributed by atoms with Crippen molar-refractivity contribution in [3.63, 3.8) is 0 Å². The van der Waals surface area contributed by atoms with Gasteiger partial charge in [-0.2, -0.15) is 4.98 Å². The molecule has 2 aliphatic heterocycles. The predicted molar refractivity (Wildman–Crippen MR) is 90.7 cm³/mol. The Bertz CT molecular complexity index is 712. The largest absolute Gasteiger partial charge is 0.461 e. The molecule has 0 aliphatic carbocycles. The third kappa shape index (κ3) is 3.33. The molecule has 0 N–H and O–H groups in total. The fourth-order valence-corrected chi connectivity index (χ4v) is 4.14. The van der Waals surface area contributed by atoms with Gasteiger partial charge in [-0.3, -0.25) is 4.79 Å². The number of amides is 1. The zero-order valence-corrected chi connectivity index (χ0v) is 14.6. The van der Waals surface area contributed by atoms with Crippen LogP contribution in [0.4, 0.5) is 0 Å². The van der Waals surface area contributed by atoms with Gasteiger partial charge < -0.3 is 18.7 Å². The van der Waals surface area contributed by atoms with E-state index in [0.29, 0.717) is 42.4 Å². The Hall–Kier alpha value is -2.15. The molecule has 2 fully saturated rings. The summed E-state index contributed by atoms with van der Waals surface area (Å²) in [4.78, 5) is 21.5. The Morgan fingerprint density at radius 1 is 1.28 bits per heavy atom. The summed E-state index contributed by atoms with van der Waals surface area (Å²) < 4.78 is 10.5. The van der Waals surface area contributed by atoms with Gasteiger partial charge in [0.2, 0.25) is 17.6 Å². The molecule has 1 amide bonds. The van der Waals surface area contributed by atoms with E-state index in [1.54, 1.807) is 18.4 Å². The standard InChI is InChI=1S/C18H24N4O3/c1-21-10-2-5-13(21)14-6-3-11-22(14)17(23)9-8-16-19-18(20-25-16)15-7-4-12-24-15/h4,7,12-14H,2-3,5-6,8-11H2,1H3. The Morgan fingerprint density at radius 3 is 2.88 bits per heavy atom. The molecule has 7 nitrogen and oxygen atoms in total. The molecule has 2 unspecified atom stereocenters. The smallest absolute Gasteiger partial charge is 0.238 e. The molecule has 2 saturated heterocycles. The summed E-state index contributed by atoms with van der Waals surface area (Å²) in [5, 5.41) is 3.91. The van der Waals surface area contributed by atoms with Gasteiger partial charge in [0.05, 0.1) is 6.26 Å². The van der Waals surface area contributed by atoms with Crippen molar-refractivity contribution < 1.29 is 13.7 Å². The van der Waals surface area contributed by atoms with Crippen LogP contribution in [-0.2, 0) is 11.2 Å². The molecule has 4 heterocycles. The second kappa shape index (κ2) is 7.00. The number of likely N-dealkylation sites (N-methyl/N-ethyl adjacent to an activating group) is 1. The SMILES string of the molecule is CN1CCCC1C1CCCN1C(=O)CCc1nc(-c2ccco2)no1. The maximum atomic E-state index is 12.7. The quantitative estimate of drug-likeness (QED) is 0.829. The number of carbonyl (C=O) groups is 1. The molecule has 4 rings (SSSR count). The average molecular weight is 344 g/mol. The summed E-state index contributed by atoms with van der Waals surface area (Å²) in [5.74, 6) is 1.68. The highest BCUT2D eigenvalue weighted by atomic mass is 16.5. The van der Waals surface area contributed by atoms with Gasteiger partial charge in [-0.05, 0) is 51.4 Å². The number of likely N-dealkylation sites (tertiary alicyclic amines) is 2. The van der Waals surface area contributed by atoms with E-state index < -0.39 is 0 Å². The number of aryl methyl sites for hydroxylation is 1. The molecule has 134 valence electrons. The summed E-state index contributed by atoms with van der Waals surface area (Å²) >= 11 is 0. The van der Waals surface area contributed by atoms with E-state index in [0.717, 1.165) is 25.9 Å². The van der Waals surface area contributed by atoms with E-state index in [1.165, 1.54) is 12.8 Å². The number of nitrogens with zero attached hydrogens (tertiary/aromatic N) is 4. The Labute approximate surface area is 147 Å². The minimum Gasteiger partial charge on any atom is -0.461 e. The van der Waals surface area contributed by atoms with Crippen molar-refractivity contribution in [3.8, 4) is 11.6 Å². The monoisotopic (exact) mass is 344 g/mol. The molecule has 0 radical (unpaired) electrons. The van der Waals surface area contributed by atoms with Crippen LogP contribution in [-0.4, -0.2) is 58.1 Å². The lowest BCUT2D eigenvalue weighted by Crippen LogP contribution is -2.47. The van der Waals surface area contributed by atoms with E-state index in [1.807, 2.05) is 0 Å². The van der Waals surface area contributed by atoms with Crippen LogP contribution in [0.2, 0.25) is 0 Å². The molecule has 2 atom stereocenters. The molecule has 0 bridgehead atoms. The molecule has 25 heavy (non-hydrogen) atoms. The van der Waals surface area contributed by atoms with Crippen LogP contribution in [0.15, 0.2) is 27.3 Å². The van der Waals surface area contributed by atoms with Crippen molar-refractivity contribution in [2.75, 3.05) is 20.1 Å². The van der Waals surface area contributed by atoms with Gasteiger partial charge in [-0.25, -0.2) is 0 Å². The van der Waals surface area contributed by atoms with E-state index >= 15 is 0 Å². The summed E-state index contributed by atoms with van der Waals surface area (Å²) in [7, 11) is 2.17. The zero-order chi connectivity index (χ0) is 17.2. The van der Waals surface area contributed by atoms with Crippen LogP contribution >= 0.6 is 0 Å². The fourth-order valence-electron chi connectivity index (χ4n) is 4.14. The van der Waals surface area contributed by atoms with E-state index in [4.69, 9.17) is 8.94 Å². The van der Waals surface area contributed by atoms with Gasteiger partial charge in [-0.15, -0.1) is 0 Å². The maximum absolute atomic E-state index is 12.7. The van der Waals surface area contributed by atoms with Gasteiger partial charge in [-0.1, -0.05) is 5.16 Å². The third-order valence-electron chi connectivity index (χ3n) is 5.40. The lowest BCUT2D eigenvalue weighted by Gasteiger charge is -2.33. The minimum atomic E-state index is 0.195. The van der Waals surface area contributed by atoms with Crippen LogP contribution in [0.5, 0.6) is 0 Å². The van der Waals surface area contributed by atoms with Crippen LogP contribution in [0.25, 0.3) is 11.6 Å². The topological polar surface area (TPSA) is 75.6 Å². The molecule has 2 aromatic heterocycles. The van der Waals surface area contributed by atoms with E-state index in [9.17, 15) is 4.79 Å². The molecular weight excluding hydrogens is 320 g/mol. The normalized spacial score (nSPS) is 24.3. The average Bonchev–Trinajstić information content (AvgIpc) is 3.37. The molecule has 0 saturated carbocycles. The van der Waals surface area contributed by atoms with Crippen LogP contribution in [0.3, 0.4) is 0 Å². The fraction of sp³-hybridized carbons (Fsp3) is 0.611. The van der Waals surface area contributed by atoms with Crippen molar-refractivity contribution in [2.24, 2.45) is 0 Å². The van der Waals surface area contributed by atoms with E-state index in [2.05, 4.69) is 27.0 Å². The summed E-state index contributed by atoms with van der Waals surface area (Å²) in [5.41, 5.74) is 0. The van der Waals surface area contributed by atoms with Gasteiger partial charge >= 0.3 is 0 Å². The molecule has 0 spiro atoms. The van der Waals surface area contributed by atoms with Crippen molar-refractivity contribution >= 4 is 5.91 Å². The number of furan rings is 1. The first-order valence-electron chi connectivity index (χ1n) is 9.08. The van der Waals surface area contributed by atoms with E-state index in [-0.39, 0.29) is 5.91 Å². The molecule has 7 heteroatoms. The molecular formula is C18H24N4O3. The first kappa shape index (κ1) is 16.3. The third-order valence-corrected chi connectivity index (χ3v) is 5.40. The van der Waals surface area contributed by atoms with Crippen molar-refractivity contribution in [2.45, 2.75) is 50.6 Å². The highest BCUT2D eigenvalue weighted by Gasteiger charge is 2.38. The predicted octanol–water partition coefficient (Wildman–Crippen LogP) is 2.35. The number of rotatable bonds is 5. The number of hydrogen-bond donors (Lipinski definition) is 0. The van der Waals surface area contributed by atoms with Crippen LogP contribution in [0.1, 0.15) is 38.0 Å². The lowest BCUT2D eigenvalue weighted by atomic mass is 10.0. The second-order valence-electron chi connectivity index (χ2n) is 6.98. The number of carbonyl (C=O) groups excluding carboxylic acids is 1. The van der Waals surface area contributed by atoms with Crippen LogP contribution in [0, 0.1) is 0 Å². The van der Waals surface area contributed by atoms with Gasteiger partial charge in [0.25, 0.3) is 0 Å². The number of aromatic nitrogens is 2.